The molecule has 1 N–H and O–H groups in total. The van der Waals surface area contributed by atoms with Gasteiger partial charge in [0.1, 0.15) is 0 Å². The number of benzene rings is 1. The van der Waals surface area contributed by atoms with Gasteiger partial charge in [0.2, 0.25) is 0 Å². The van der Waals surface area contributed by atoms with Crippen LogP contribution in [-0.2, 0) is 0 Å². The molecule has 14 heavy (non-hydrogen) atoms. The maximum atomic E-state index is 11.6. The van der Waals surface area contributed by atoms with Crippen molar-refractivity contribution in [2.75, 3.05) is 0 Å². The zero-order valence-electron chi connectivity index (χ0n) is 8.60. The lowest BCUT2D eigenvalue weighted by atomic mass is 10.1. The third-order valence-corrected chi connectivity index (χ3v) is 2.26. The largest absolute Gasteiger partial charge is 0.350 e. The molecule has 3 heteroatoms. The Hall–Kier alpha value is -1.02. The van der Waals surface area contributed by atoms with Crippen LogP contribution in [0, 0.1) is 6.92 Å². The fraction of sp³-hybridized carbons (Fsp3) is 0.364. The molecule has 1 amide bonds. The summed E-state index contributed by atoms with van der Waals surface area (Å²) in [7, 11) is 0. The Kier molecular flexibility index (Phi) is 3.53. The van der Waals surface area contributed by atoms with Crippen molar-refractivity contribution in [3.63, 3.8) is 0 Å². The number of carbonyl (C=O) groups excluding carboxylic acids is 1. The fourth-order valence-electron chi connectivity index (χ4n) is 1.13. The van der Waals surface area contributed by atoms with Crippen LogP contribution >= 0.6 is 11.6 Å². The minimum Gasteiger partial charge on any atom is -0.350 e. The van der Waals surface area contributed by atoms with E-state index in [0.29, 0.717) is 10.6 Å². The van der Waals surface area contributed by atoms with Crippen LogP contribution in [0.4, 0.5) is 0 Å². The molecule has 0 aromatic heterocycles. The van der Waals surface area contributed by atoms with E-state index in [9.17, 15) is 4.79 Å². The summed E-state index contributed by atoms with van der Waals surface area (Å²) in [5, 5.41) is 3.51. The van der Waals surface area contributed by atoms with E-state index in [1.165, 1.54) is 0 Å². The van der Waals surface area contributed by atoms with Crippen molar-refractivity contribution in [3.05, 3.63) is 34.3 Å². The van der Waals surface area contributed by atoms with Crippen molar-refractivity contribution in [1.29, 1.82) is 0 Å². The van der Waals surface area contributed by atoms with Gasteiger partial charge in [-0.1, -0.05) is 11.6 Å². The SMILES string of the molecule is Cc1cc(C(=O)NC(C)C)ccc1Cl. The van der Waals surface area contributed by atoms with Crippen molar-refractivity contribution < 1.29 is 4.79 Å². The van der Waals surface area contributed by atoms with E-state index in [2.05, 4.69) is 5.32 Å². The van der Waals surface area contributed by atoms with E-state index in [1.54, 1.807) is 18.2 Å². The van der Waals surface area contributed by atoms with Gasteiger partial charge < -0.3 is 5.32 Å². The second kappa shape index (κ2) is 4.47. The number of halogens is 1. The molecule has 1 aromatic carbocycles. The van der Waals surface area contributed by atoms with Gasteiger partial charge in [-0.2, -0.15) is 0 Å². The second-order valence-corrected chi connectivity index (χ2v) is 4.00. The fourth-order valence-corrected chi connectivity index (χ4v) is 1.25. The Morgan fingerprint density at radius 1 is 1.43 bits per heavy atom. The highest BCUT2D eigenvalue weighted by Crippen LogP contribution is 2.16. The van der Waals surface area contributed by atoms with E-state index < -0.39 is 0 Å². The minimum absolute atomic E-state index is 0.0558. The normalized spacial score (nSPS) is 10.4. The maximum Gasteiger partial charge on any atom is 0.251 e. The van der Waals surface area contributed by atoms with Crippen molar-refractivity contribution in [2.24, 2.45) is 0 Å². The van der Waals surface area contributed by atoms with Crippen LogP contribution < -0.4 is 5.32 Å². The molecule has 0 bridgehead atoms. The third kappa shape index (κ3) is 2.74. The zero-order valence-corrected chi connectivity index (χ0v) is 9.35. The van der Waals surface area contributed by atoms with Crippen LogP contribution in [0.1, 0.15) is 29.8 Å². The Bertz CT molecular complexity index is 347. The minimum atomic E-state index is -0.0558. The Labute approximate surface area is 89.3 Å². The van der Waals surface area contributed by atoms with E-state index >= 15 is 0 Å². The van der Waals surface area contributed by atoms with Gasteiger partial charge in [0.05, 0.1) is 0 Å². The molecule has 0 aliphatic rings. The molecule has 0 unspecified atom stereocenters. The summed E-state index contributed by atoms with van der Waals surface area (Å²) in [4.78, 5) is 11.6. The van der Waals surface area contributed by atoms with Crippen LogP contribution in [0.3, 0.4) is 0 Å². The average molecular weight is 212 g/mol. The molecular formula is C11H14ClNO. The van der Waals surface area contributed by atoms with Crippen molar-refractivity contribution in [3.8, 4) is 0 Å². The molecule has 1 aromatic rings. The topological polar surface area (TPSA) is 29.1 Å². The van der Waals surface area contributed by atoms with E-state index in [4.69, 9.17) is 11.6 Å². The first-order valence-corrected chi connectivity index (χ1v) is 4.95. The average Bonchev–Trinajstić information content (AvgIpc) is 2.08. The summed E-state index contributed by atoms with van der Waals surface area (Å²) < 4.78 is 0. The summed E-state index contributed by atoms with van der Waals surface area (Å²) in [6.07, 6.45) is 0. The molecule has 0 fully saturated rings. The number of amides is 1. The van der Waals surface area contributed by atoms with Crippen molar-refractivity contribution in [2.45, 2.75) is 26.8 Å². The molecule has 0 aliphatic heterocycles. The number of rotatable bonds is 2. The first-order valence-electron chi connectivity index (χ1n) is 4.57. The highest BCUT2D eigenvalue weighted by atomic mass is 35.5. The molecule has 0 aliphatic carbocycles. The van der Waals surface area contributed by atoms with Gasteiger partial charge in [-0.05, 0) is 44.5 Å². The second-order valence-electron chi connectivity index (χ2n) is 3.59. The molecule has 1 rings (SSSR count). The highest BCUT2D eigenvalue weighted by molar-refractivity contribution is 6.31. The van der Waals surface area contributed by atoms with E-state index in [-0.39, 0.29) is 11.9 Å². The summed E-state index contributed by atoms with van der Waals surface area (Å²) >= 11 is 5.86. The summed E-state index contributed by atoms with van der Waals surface area (Å²) in [5.74, 6) is -0.0558. The van der Waals surface area contributed by atoms with E-state index in [1.807, 2.05) is 20.8 Å². The predicted octanol–water partition coefficient (Wildman–Crippen LogP) is 2.79. The number of carbonyl (C=O) groups is 1. The lowest BCUT2D eigenvalue weighted by Crippen LogP contribution is -2.30. The quantitative estimate of drug-likeness (QED) is 0.801. The van der Waals surface area contributed by atoms with Gasteiger partial charge >= 0.3 is 0 Å². The number of hydrogen-bond donors (Lipinski definition) is 1. The van der Waals surface area contributed by atoms with Crippen molar-refractivity contribution >= 4 is 17.5 Å². The number of aryl methyl sites for hydroxylation is 1. The monoisotopic (exact) mass is 211 g/mol. The first-order chi connectivity index (χ1) is 6.50. The van der Waals surface area contributed by atoms with Gasteiger partial charge in [0, 0.05) is 16.6 Å². The molecule has 2 nitrogen and oxygen atoms in total. The lowest BCUT2D eigenvalue weighted by molar-refractivity contribution is 0.0943. The Morgan fingerprint density at radius 2 is 2.07 bits per heavy atom. The number of hydrogen-bond acceptors (Lipinski definition) is 1. The number of nitrogens with one attached hydrogen (secondary N) is 1. The lowest BCUT2D eigenvalue weighted by Gasteiger charge is -2.08. The predicted molar refractivity (Wildman–Crippen MR) is 58.8 cm³/mol. The standard InChI is InChI=1S/C11H14ClNO/c1-7(2)13-11(14)9-4-5-10(12)8(3)6-9/h4-7H,1-3H3,(H,13,14). The third-order valence-electron chi connectivity index (χ3n) is 1.84. The summed E-state index contributed by atoms with van der Waals surface area (Å²) in [6, 6.07) is 5.41. The smallest absolute Gasteiger partial charge is 0.251 e. The molecule has 0 radical (unpaired) electrons. The summed E-state index contributed by atoms with van der Waals surface area (Å²) in [5.41, 5.74) is 1.57. The van der Waals surface area contributed by atoms with Crippen LogP contribution in [0.15, 0.2) is 18.2 Å². The van der Waals surface area contributed by atoms with Gasteiger partial charge in [-0.25, -0.2) is 0 Å². The van der Waals surface area contributed by atoms with Gasteiger partial charge in [0.25, 0.3) is 5.91 Å². The van der Waals surface area contributed by atoms with Crippen LogP contribution in [0.2, 0.25) is 5.02 Å². The summed E-state index contributed by atoms with van der Waals surface area (Å²) in [6.45, 7) is 5.75. The highest BCUT2D eigenvalue weighted by Gasteiger charge is 2.07. The van der Waals surface area contributed by atoms with Gasteiger partial charge in [-0.15, -0.1) is 0 Å². The zero-order chi connectivity index (χ0) is 10.7. The van der Waals surface area contributed by atoms with Crippen LogP contribution in [0.25, 0.3) is 0 Å². The first kappa shape index (κ1) is 11.1. The van der Waals surface area contributed by atoms with E-state index in [0.717, 1.165) is 5.56 Å². The Balaban J connectivity index is 2.86. The van der Waals surface area contributed by atoms with Crippen LogP contribution in [0.5, 0.6) is 0 Å². The van der Waals surface area contributed by atoms with Crippen molar-refractivity contribution in [1.82, 2.24) is 5.32 Å². The molecule has 0 spiro atoms. The molecule has 76 valence electrons. The Morgan fingerprint density at radius 3 is 2.57 bits per heavy atom. The molecule has 0 saturated heterocycles. The molecule has 0 atom stereocenters. The molecular weight excluding hydrogens is 198 g/mol. The van der Waals surface area contributed by atoms with Crippen LogP contribution in [-0.4, -0.2) is 11.9 Å². The molecule has 0 saturated carbocycles. The molecule has 0 heterocycles. The van der Waals surface area contributed by atoms with Gasteiger partial charge in [-0.3, -0.25) is 4.79 Å². The maximum absolute atomic E-state index is 11.6. The van der Waals surface area contributed by atoms with Gasteiger partial charge in [0.15, 0.2) is 0 Å².